The minimum absolute atomic E-state index is 0.0739. The van der Waals surface area contributed by atoms with Crippen molar-refractivity contribution in [3.05, 3.63) is 33.8 Å². The van der Waals surface area contributed by atoms with E-state index in [9.17, 15) is 10.2 Å². The summed E-state index contributed by atoms with van der Waals surface area (Å²) < 4.78 is 13.6. The van der Waals surface area contributed by atoms with E-state index < -0.39 is 12.2 Å². The molecule has 0 radical (unpaired) electrons. The number of hydrogen-bond donors (Lipinski definition) is 2. The molecule has 2 aliphatic carbocycles. The molecule has 4 rings (SSSR count). The second kappa shape index (κ2) is 8.09. The Bertz CT molecular complexity index is 912. The first kappa shape index (κ1) is 21.0. The van der Waals surface area contributed by atoms with Crippen LogP contribution in [-0.2, 0) is 5.41 Å². The molecule has 0 heterocycles. The minimum atomic E-state index is -0.479. The van der Waals surface area contributed by atoms with Crippen molar-refractivity contribution in [2.24, 2.45) is 0 Å². The number of aliphatic hydroxyl groups excluding tert-OH is 2. The van der Waals surface area contributed by atoms with E-state index in [2.05, 4.69) is 28.9 Å². The van der Waals surface area contributed by atoms with Crippen LogP contribution >= 0.6 is 15.9 Å². The highest BCUT2D eigenvalue weighted by molar-refractivity contribution is 9.10. The fraction of sp³-hybridized carbons (Fsp3) is 0.583. The SMILES string of the molecule is CCC(O)COc1c2c(c(OCC(O)CC)c3c(Br)cccc13)C1CCC2(C)C1. The van der Waals surface area contributed by atoms with E-state index in [-0.39, 0.29) is 12.0 Å². The largest absolute Gasteiger partial charge is 0.490 e. The number of aliphatic hydroxyl groups is 2. The second-order valence-corrected chi connectivity index (χ2v) is 9.71. The quantitative estimate of drug-likeness (QED) is 0.548. The van der Waals surface area contributed by atoms with Gasteiger partial charge in [0.1, 0.15) is 24.7 Å². The Balaban J connectivity index is 1.93. The van der Waals surface area contributed by atoms with Crippen molar-refractivity contribution in [2.45, 2.75) is 76.4 Å². The molecule has 4 unspecified atom stereocenters. The summed E-state index contributed by atoms with van der Waals surface area (Å²) in [6.07, 6.45) is 3.79. The zero-order valence-electron chi connectivity index (χ0n) is 17.5. The van der Waals surface area contributed by atoms with Crippen molar-refractivity contribution in [3.8, 4) is 11.5 Å². The molecule has 0 amide bonds. The predicted octanol–water partition coefficient (Wildman–Crippen LogP) is 5.44. The van der Waals surface area contributed by atoms with Gasteiger partial charge in [0, 0.05) is 26.4 Å². The molecule has 2 aromatic carbocycles. The zero-order valence-corrected chi connectivity index (χ0v) is 19.1. The van der Waals surface area contributed by atoms with Gasteiger partial charge in [0.25, 0.3) is 0 Å². The molecule has 2 aliphatic rings. The normalized spacial score (nSPS) is 24.6. The number of benzene rings is 2. The topological polar surface area (TPSA) is 58.9 Å². The summed E-state index contributed by atoms with van der Waals surface area (Å²) in [5.74, 6) is 2.25. The van der Waals surface area contributed by atoms with E-state index in [0.29, 0.717) is 25.4 Å². The molecule has 158 valence electrons. The Morgan fingerprint density at radius 2 is 1.76 bits per heavy atom. The zero-order chi connectivity index (χ0) is 20.8. The fourth-order valence-electron chi connectivity index (χ4n) is 5.05. The van der Waals surface area contributed by atoms with Gasteiger partial charge in [-0.15, -0.1) is 0 Å². The van der Waals surface area contributed by atoms with Crippen LogP contribution in [0.25, 0.3) is 10.8 Å². The molecule has 5 heteroatoms. The highest BCUT2D eigenvalue weighted by Crippen LogP contribution is 2.64. The van der Waals surface area contributed by atoms with E-state index in [0.717, 1.165) is 46.0 Å². The van der Waals surface area contributed by atoms with Crippen LogP contribution in [0.5, 0.6) is 11.5 Å². The highest BCUT2D eigenvalue weighted by atomic mass is 79.9. The molecule has 1 fully saturated rings. The van der Waals surface area contributed by atoms with E-state index in [1.165, 1.54) is 11.1 Å². The molecule has 0 saturated heterocycles. The molecule has 4 nitrogen and oxygen atoms in total. The predicted molar refractivity (Wildman–Crippen MR) is 119 cm³/mol. The van der Waals surface area contributed by atoms with Gasteiger partial charge in [-0.2, -0.15) is 0 Å². The van der Waals surface area contributed by atoms with E-state index >= 15 is 0 Å². The van der Waals surface area contributed by atoms with Gasteiger partial charge in [0.15, 0.2) is 0 Å². The van der Waals surface area contributed by atoms with E-state index in [1.807, 2.05) is 26.0 Å². The maximum absolute atomic E-state index is 10.1. The molecule has 29 heavy (non-hydrogen) atoms. The van der Waals surface area contributed by atoms with Crippen LogP contribution in [0.3, 0.4) is 0 Å². The third-order valence-electron chi connectivity index (χ3n) is 6.76. The molecule has 4 atom stereocenters. The minimum Gasteiger partial charge on any atom is -0.490 e. The fourth-order valence-corrected chi connectivity index (χ4v) is 5.59. The van der Waals surface area contributed by atoms with Crippen molar-refractivity contribution < 1.29 is 19.7 Å². The molecule has 2 aromatic rings. The van der Waals surface area contributed by atoms with Gasteiger partial charge in [-0.3, -0.25) is 0 Å². The Morgan fingerprint density at radius 3 is 2.41 bits per heavy atom. The number of halogens is 1. The lowest BCUT2D eigenvalue weighted by molar-refractivity contribution is 0.102. The Labute approximate surface area is 181 Å². The molecule has 0 aromatic heterocycles. The monoisotopic (exact) mass is 462 g/mol. The van der Waals surface area contributed by atoms with Gasteiger partial charge < -0.3 is 19.7 Å². The first-order valence-electron chi connectivity index (χ1n) is 10.8. The summed E-state index contributed by atoms with van der Waals surface area (Å²) in [6, 6.07) is 6.12. The third-order valence-corrected chi connectivity index (χ3v) is 7.42. The van der Waals surface area contributed by atoms with Gasteiger partial charge in [0.2, 0.25) is 0 Å². The molecule has 0 aliphatic heterocycles. The summed E-state index contributed by atoms with van der Waals surface area (Å²) in [5.41, 5.74) is 2.58. The summed E-state index contributed by atoms with van der Waals surface area (Å²) >= 11 is 3.73. The van der Waals surface area contributed by atoms with Gasteiger partial charge in [-0.05, 0) is 49.5 Å². The lowest BCUT2D eigenvalue weighted by Gasteiger charge is -2.30. The van der Waals surface area contributed by atoms with Crippen LogP contribution in [0.2, 0.25) is 0 Å². The summed E-state index contributed by atoms with van der Waals surface area (Å²) in [6.45, 7) is 6.84. The molecule has 0 spiro atoms. The van der Waals surface area contributed by atoms with Crippen molar-refractivity contribution in [1.29, 1.82) is 0 Å². The Morgan fingerprint density at radius 1 is 1.10 bits per heavy atom. The Hall–Kier alpha value is -1.30. The van der Waals surface area contributed by atoms with Crippen LogP contribution < -0.4 is 9.47 Å². The molecular weight excluding hydrogens is 432 g/mol. The second-order valence-electron chi connectivity index (χ2n) is 8.86. The first-order valence-corrected chi connectivity index (χ1v) is 11.6. The average molecular weight is 463 g/mol. The number of fused-ring (bicyclic) bond motifs is 6. The molecule has 2 bridgehead atoms. The van der Waals surface area contributed by atoms with Gasteiger partial charge in [-0.1, -0.05) is 48.8 Å². The van der Waals surface area contributed by atoms with Crippen molar-refractivity contribution >= 4 is 26.7 Å². The van der Waals surface area contributed by atoms with Crippen molar-refractivity contribution in [1.82, 2.24) is 0 Å². The number of ether oxygens (including phenoxy) is 2. The van der Waals surface area contributed by atoms with E-state index in [4.69, 9.17) is 9.47 Å². The lowest BCUT2D eigenvalue weighted by atomic mass is 9.78. The third kappa shape index (κ3) is 3.55. The van der Waals surface area contributed by atoms with Crippen molar-refractivity contribution in [2.75, 3.05) is 13.2 Å². The smallest absolute Gasteiger partial charge is 0.132 e. The van der Waals surface area contributed by atoms with Crippen molar-refractivity contribution in [3.63, 3.8) is 0 Å². The van der Waals surface area contributed by atoms with Gasteiger partial charge >= 0.3 is 0 Å². The standard InChI is InChI=1S/C24H31BrO4/c1-4-15(26)12-28-22-17-7-6-8-18(25)20(17)23(29-13-16(27)5-2)19-14-9-10-24(3,11-14)21(19)22/h6-8,14-16,26-27H,4-5,9-13H2,1-3H3. The summed E-state index contributed by atoms with van der Waals surface area (Å²) in [7, 11) is 0. The molecule has 2 N–H and O–H groups in total. The van der Waals surface area contributed by atoms with Crippen LogP contribution in [0.4, 0.5) is 0 Å². The average Bonchev–Trinajstić information content (AvgIpc) is 3.24. The lowest BCUT2D eigenvalue weighted by Crippen LogP contribution is -2.22. The molecular formula is C24H31BrO4. The molecule has 1 saturated carbocycles. The Kier molecular flexibility index (Phi) is 5.84. The van der Waals surface area contributed by atoms with Crippen LogP contribution in [0.15, 0.2) is 22.7 Å². The van der Waals surface area contributed by atoms with Gasteiger partial charge in [-0.25, -0.2) is 0 Å². The van der Waals surface area contributed by atoms with Crippen LogP contribution in [0, 0.1) is 0 Å². The summed E-state index contributed by atoms with van der Waals surface area (Å²) in [4.78, 5) is 0. The number of rotatable bonds is 8. The van der Waals surface area contributed by atoms with Crippen LogP contribution in [0.1, 0.15) is 69.9 Å². The number of hydrogen-bond acceptors (Lipinski definition) is 4. The van der Waals surface area contributed by atoms with E-state index in [1.54, 1.807) is 0 Å². The van der Waals surface area contributed by atoms with Crippen LogP contribution in [-0.4, -0.2) is 35.6 Å². The highest BCUT2D eigenvalue weighted by Gasteiger charge is 2.50. The maximum atomic E-state index is 10.1. The van der Waals surface area contributed by atoms with Gasteiger partial charge in [0.05, 0.1) is 12.2 Å². The summed E-state index contributed by atoms with van der Waals surface area (Å²) in [5, 5.41) is 22.3. The maximum Gasteiger partial charge on any atom is 0.132 e. The first-order chi connectivity index (χ1) is 13.9.